The second kappa shape index (κ2) is 7.99. The number of rotatable bonds is 6. The third kappa shape index (κ3) is 5.19. The molecule has 2 rings (SSSR count). The number of hydrogen-bond donors (Lipinski definition) is 2. The summed E-state index contributed by atoms with van der Waals surface area (Å²) >= 11 is 3.46. The van der Waals surface area contributed by atoms with Crippen LogP contribution in [0.5, 0.6) is 0 Å². The molecule has 0 aliphatic heterocycles. The predicted octanol–water partition coefficient (Wildman–Crippen LogP) is 4.70. The van der Waals surface area contributed by atoms with E-state index in [4.69, 9.17) is 0 Å². The van der Waals surface area contributed by atoms with Gasteiger partial charge in [-0.3, -0.25) is 4.79 Å². The number of carbonyl (C=O) groups is 1. The summed E-state index contributed by atoms with van der Waals surface area (Å²) in [5.41, 5.74) is 2.86. The Morgan fingerprint density at radius 2 is 1.68 bits per heavy atom. The van der Waals surface area contributed by atoms with Gasteiger partial charge in [-0.1, -0.05) is 48.0 Å². The van der Waals surface area contributed by atoms with Gasteiger partial charge in [0.25, 0.3) is 0 Å². The van der Waals surface area contributed by atoms with E-state index in [0.717, 1.165) is 28.0 Å². The van der Waals surface area contributed by atoms with Crippen LogP contribution in [0.1, 0.15) is 19.4 Å². The highest BCUT2D eigenvalue weighted by atomic mass is 79.9. The summed E-state index contributed by atoms with van der Waals surface area (Å²) in [4.78, 5) is 12.1. The highest BCUT2D eigenvalue weighted by Gasteiger charge is 2.06. The van der Waals surface area contributed by atoms with Crippen molar-refractivity contribution < 1.29 is 4.79 Å². The van der Waals surface area contributed by atoms with Crippen molar-refractivity contribution in [1.29, 1.82) is 0 Å². The number of nitrogens with one attached hydrogen (secondary N) is 2. The molecule has 0 bridgehead atoms. The summed E-state index contributed by atoms with van der Waals surface area (Å²) in [6.07, 6.45) is 0.356. The van der Waals surface area contributed by atoms with Crippen molar-refractivity contribution in [3.63, 3.8) is 0 Å². The smallest absolute Gasteiger partial charge is 0.228 e. The molecule has 2 aromatic carbocycles. The number of benzene rings is 2. The first-order chi connectivity index (χ1) is 10.5. The molecule has 116 valence electrons. The van der Waals surface area contributed by atoms with Gasteiger partial charge in [-0.15, -0.1) is 0 Å². The molecule has 22 heavy (non-hydrogen) atoms. The molecule has 0 radical (unpaired) electrons. The summed E-state index contributed by atoms with van der Waals surface area (Å²) in [7, 11) is 0. The Kier molecular flexibility index (Phi) is 6.01. The molecule has 0 spiro atoms. The lowest BCUT2D eigenvalue weighted by atomic mass is 10.1. The minimum atomic E-state index is -0.0187. The van der Waals surface area contributed by atoms with Crippen LogP contribution in [-0.2, 0) is 11.2 Å². The average molecular weight is 361 g/mol. The lowest BCUT2D eigenvalue weighted by Gasteiger charge is -2.10. The monoisotopic (exact) mass is 360 g/mol. The molecule has 0 aliphatic rings. The fraction of sp³-hybridized carbons (Fsp3) is 0.278. The molecule has 2 N–H and O–H groups in total. The average Bonchev–Trinajstić information content (AvgIpc) is 2.49. The highest BCUT2D eigenvalue weighted by Crippen LogP contribution is 2.18. The highest BCUT2D eigenvalue weighted by molar-refractivity contribution is 9.10. The van der Waals surface area contributed by atoms with Crippen LogP contribution in [0.4, 0.5) is 11.4 Å². The van der Waals surface area contributed by atoms with E-state index in [1.807, 2.05) is 48.5 Å². The van der Waals surface area contributed by atoms with Crippen molar-refractivity contribution in [3.8, 4) is 0 Å². The van der Waals surface area contributed by atoms with Crippen LogP contribution in [0.15, 0.2) is 53.0 Å². The number of amides is 1. The van der Waals surface area contributed by atoms with Crippen molar-refractivity contribution in [2.24, 2.45) is 5.92 Å². The zero-order valence-corrected chi connectivity index (χ0v) is 14.5. The molecule has 2 aromatic rings. The van der Waals surface area contributed by atoms with E-state index in [2.05, 4.69) is 40.4 Å². The Morgan fingerprint density at radius 3 is 2.32 bits per heavy atom. The fourth-order valence-electron chi connectivity index (χ4n) is 2.01. The van der Waals surface area contributed by atoms with Crippen LogP contribution in [0, 0.1) is 5.92 Å². The summed E-state index contributed by atoms with van der Waals surface area (Å²) in [5, 5.41) is 6.28. The molecule has 0 aromatic heterocycles. The Hall–Kier alpha value is -1.81. The van der Waals surface area contributed by atoms with E-state index in [-0.39, 0.29) is 5.91 Å². The van der Waals surface area contributed by atoms with Crippen molar-refractivity contribution in [3.05, 3.63) is 58.6 Å². The quantitative estimate of drug-likeness (QED) is 0.783. The molecule has 4 heteroatoms. The fourth-order valence-corrected chi connectivity index (χ4v) is 2.44. The van der Waals surface area contributed by atoms with Crippen LogP contribution >= 0.6 is 15.9 Å². The van der Waals surface area contributed by atoms with Gasteiger partial charge in [0.15, 0.2) is 0 Å². The van der Waals surface area contributed by atoms with E-state index in [1.165, 1.54) is 0 Å². The standard InChI is InChI=1S/C18H21BrN2O/c1-13(2)12-20-15-7-9-16(10-8-15)21-18(22)11-14-5-3-4-6-17(14)19/h3-10,13,20H,11-12H2,1-2H3,(H,21,22). The van der Waals surface area contributed by atoms with Gasteiger partial charge in [0.2, 0.25) is 5.91 Å². The Bertz CT molecular complexity index is 623. The minimum Gasteiger partial charge on any atom is -0.385 e. The van der Waals surface area contributed by atoms with Crippen molar-refractivity contribution in [2.75, 3.05) is 17.2 Å². The van der Waals surface area contributed by atoms with Crippen LogP contribution in [0.2, 0.25) is 0 Å². The molecule has 0 fully saturated rings. The molecule has 0 saturated carbocycles. The van der Waals surface area contributed by atoms with Gasteiger partial charge in [-0.2, -0.15) is 0 Å². The predicted molar refractivity (Wildman–Crippen MR) is 96.2 cm³/mol. The summed E-state index contributed by atoms with van der Waals surface area (Å²) in [5.74, 6) is 0.582. The Morgan fingerprint density at radius 1 is 1.05 bits per heavy atom. The second-order valence-corrected chi connectivity index (χ2v) is 6.52. The van der Waals surface area contributed by atoms with Gasteiger partial charge >= 0.3 is 0 Å². The van der Waals surface area contributed by atoms with Crippen LogP contribution in [0.3, 0.4) is 0 Å². The Balaban J connectivity index is 1.90. The van der Waals surface area contributed by atoms with Crippen LogP contribution in [-0.4, -0.2) is 12.5 Å². The summed E-state index contributed by atoms with van der Waals surface area (Å²) in [6, 6.07) is 15.6. The minimum absolute atomic E-state index is 0.0187. The summed E-state index contributed by atoms with van der Waals surface area (Å²) in [6.45, 7) is 5.28. The summed E-state index contributed by atoms with van der Waals surface area (Å²) < 4.78 is 0.957. The number of carbonyl (C=O) groups excluding carboxylic acids is 1. The molecule has 0 atom stereocenters. The van der Waals surface area contributed by atoms with Gasteiger partial charge in [0.05, 0.1) is 6.42 Å². The third-order valence-corrected chi connectivity index (χ3v) is 3.97. The zero-order chi connectivity index (χ0) is 15.9. The number of halogens is 1. The first-order valence-corrected chi connectivity index (χ1v) is 8.21. The number of hydrogen-bond acceptors (Lipinski definition) is 2. The van der Waals surface area contributed by atoms with Gasteiger partial charge in [-0.25, -0.2) is 0 Å². The van der Waals surface area contributed by atoms with E-state index in [1.54, 1.807) is 0 Å². The molecular formula is C18H21BrN2O. The SMILES string of the molecule is CC(C)CNc1ccc(NC(=O)Cc2ccccc2Br)cc1. The third-order valence-electron chi connectivity index (χ3n) is 3.19. The van der Waals surface area contributed by atoms with Gasteiger partial charge in [0.1, 0.15) is 0 Å². The molecular weight excluding hydrogens is 340 g/mol. The van der Waals surface area contributed by atoms with Gasteiger partial charge in [-0.05, 0) is 41.8 Å². The first kappa shape index (κ1) is 16.6. The lowest BCUT2D eigenvalue weighted by molar-refractivity contribution is -0.115. The molecule has 0 aliphatic carbocycles. The van der Waals surface area contributed by atoms with Crippen molar-refractivity contribution in [2.45, 2.75) is 20.3 Å². The largest absolute Gasteiger partial charge is 0.385 e. The van der Waals surface area contributed by atoms with Crippen molar-refractivity contribution in [1.82, 2.24) is 0 Å². The maximum absolute atomic E-state index is 12.1. The maximum Gasteiger partial charge on any atom is 0.228 e. The van der Waals surface area contributed by atoms with E-state index < -0.39 is 0 Å². The molecule has 0 unspecified atom stereocenters. The van der Waals surface area contributed by atoms with Crippen LogP contribution < -0.4 is 10.6 Å². The normalized spacial score (nSPS) is 10.5. The van der Waals surface area contributed by atoms with Crippen molar-refractivity contribution >= 4 is 33.2 Å². The first-order valence-electron chi connectivity index (χ1n) is 7.42. The van der Waals surface area contributed by atoms with Crippen LogP contribution in [0.25, 0.3) is 0 Å². The maximum atomic E-state index is 12.1. The molecule has 0 saturated heterocycles. The zero-order valence-electron chi connectivity index (χ0n) is 12.9. The van der Waals surface area contributed by atoms with Gasteiger partial charge < -0.3 is 10.6 Å². The molecule has 0 heterocycles. The van der Waals surface area contributed by atoms with E-state index in [0.29, 0.717) is 12.3 Å². The lowest BCUT2D eigenvalue weighted by Crippen LogP contribution is -2.14. The second-order valence-electron chi connectivity index (χ2n) is 5.67. The Labute approximate surface area is 140 Å². The van der Waals surface area contributed by atoms with E-state index >= 15 is 0 Å². The van der Waals surface area contributed by atoms with E-state index in [9.17, 15) is 4.79 Å². The number of anilines is 2. The van der Waals surface area contributed by atoms with Gasteiger partial charge in [0, 0.05) is 22.4 Å². The molecule has 3 nitrogen and oxygen atoms in total. The topological polar surface area (TPSA) is 41.1 Å². The molecule has 1 amide bonds.